The predicted octanol–water partition coefficient (Wildman–Crippen LogP) is 2.26. The fourth-order valence-electron chi connectivity index (χ4n) is 3.02. The second-order valence-corrected chi connectivity index (χ2v) is 5.34. The van der Waals surface area contributed by atoms with E-state index < -0.39 is 18.4 Å². The summed E-state index contributed by atoms with van der Waals surface area (Å²) in [6, 6.07) is -0.426. The highest BCUT2D eigenvalue weighted by molar-refractivity contribution is 5.82. The molecule has 1 aliphatic heterocycles. The number of anilines is 1. The number of hydrogen-bond acceptors (Lipinski definition) is 7. The van der Waals surface area contributed by atoms with Crippen LogP contribution in [0.25, 0.3) is 21.6 Å². The first-order chi connectivity index (χ1) is 12.2. The minimum atomic E-state index is -0.505. The van der Waals surface area contributed by atoms with Gasteiger partial charge in [0.2, 0.25) is 0 Å². The molecule has 24 heavy (non-hydrogen) atoms. The van der Waals surface area contributed by atoms with E-state index in [9.17, 15) is 0 Å². The highest BCUT2D eigenvalue weighted by Crippen LogP contribution is 2.36. The Morgan fingerprint density at radius 1 is 1.54 bits per heavy atom. The zero-order valence-corrected chi connectivity index (χ0v) is 13.5. The van der Waals surface area contributed by atoms with Crippen molar-refractivity contribution in [3.8, 4) is 0 Å². The molecular weight excluding hydrogens is 312 g/mol. The summed E-state index contributed by atoms with van der Waals surface area (Å²) in [4.78, 5) is 15.8. The Kier molecular flexibility index (Phi) is 4.41. The summed E-state index contributed by atoms with van der Waals surface area (Å²) in [5.74, 6) is 0.571. The van der Waals surface area contributed by atoms with Crippen molar-refractivity contribution < 1.29 is 10.8 Å². The lowest BCUT2D eigenvalue weighted by molar-refractivity contribution is -0.0482. The highest BCUT2D eigenvalue weighted by Gasteiger charge is 2.45. The van der Waals surface area contributed by atoms with Gasteiger partial charge in [-0.2, -0.15) is 0 Å². The molecule has 0 amide bonds. The number of fused-ring (bicyclic) bond motifs is 1. The lowest BCUT2D eigenvalue weighted by atomic mass is 10.1. The maximum absolute atomic E-state index is 8.84. The van der Waals surface area contributed by atoms with Crippen LogP contribution in [0.15, 0.2) is 17.8 Å². The number of hydrogen-bond donors (Lipinski definition) is 1. The number of nitrogens with one attached hydrogen (secondary N) is 1. The summed E-state index contributed by atoms with van der Waals surface area (Å²) in [7, 11) is 1.56. The molecule has 1 aliphatic rings. The quantitative estimate of drug-likeness (QED) is 0.491. The standard InChI is InChI=1S/C14H20N8O2/c1-4-8-9(20-21-15)11(23-3)14(24-8)22-7-19-10-12(16-5-2)17-6-18-13(10)22/h6-9,11,14H,4-5H2,1-3H3,(H,16,17,18)/t8-,9+,11?,14-/m1/s1/i2T. The molecule has 1 unspecified atom stereocenters. The third kappa shape index (κ3) is 2.64. The third-order valence-corrected chi connectivity index (χ3v) is 4.10. The Morgan fingerprint density at radius 3 is 3.12 bits per heavy atom. The van der Waals surface area contributed by atoms with E-state index in [-0.39, 0.29) is 13.0 Å². The van der Waals surface area contributed by atoms with Gasteiger partial charge in [0.05, 0.1) is 18.5 Å². The van der Waals surface area contributed by atoms with E-state index in [1.165, 1.54) is 6.33 Å². The van der Waals surface area contributed by atoms with Crippen LogP contribution in [-0.2, 0) is 9.47 Å². The van der Waals surface area contributed by atoms with Crippen LogP contribution in [0.2, 0.25) is 0 Å². The van der Waals surface area contributed by atoms with E-state index in [1.54, 1.807) is 18.0 Å². The second-order valence-electron chi connectivity index (χ2n) is 5.34. The van der Waals surface area contributed by atoms with Crippen molar-refractivity contribution in [2.75, 3.05) is 19.0 Å². The molecule has 0 aliphatic carbocycles. The Morgan fingerprint density at radius 2 is 2.42 bits per heavy atom. The second kappa shape index (κ2) is 7.00. The number of azide groups is 1. The molecule has 4 atom stereocenters. The molecule has 0 bridgehead atoms. The van der Waals surface area contributed by atoms with Crippen LogP contribution in [0.5, 0.6) is 0 Å². The van der Waals surface area contributed by atoms with E-state index in [2.05, 4.69) is 30.3 Å². The molecule has 10 nitrogen and oxygen atoms in total. The maximum atomic E-state index is 8.84. The van der Waals surface area contributed by atoms with Crippen LogP contribution >= 0.6 is 0 Å². The summed E-state index contributed by atoms with van der Waals surface area (Å²) in [5, 5.41) is 6.92. The molecule has 1 saturated heterocycles. The Hall–Kier alpha value is -2.42. The molecule has 0 spiro atoms. The first kappa shape index (κ1) is 15.1. The normalized spacial score (nSPS) is 27.0. The number of imidazole rings is 1. The summed E-state index contributed by atoms with van der Waals surface area (Å²) in [6.45, 7) is 2.67. The summed E-state index contributed by atoms with van der Waals surface area (Å²) in [6.07, 6.45) is 2.55. The third-order valence-electron chi connectivity index (χ3n) is 4.10. The SMILES string of the molecule is [3H]CCNc1ncnc2c1ncn2[C@@H]1O[C@H](CC)[C@H](N=[N+]=[N-])C1OC. The molecule has 3 heterocycles. The van der Waals surface area contributed by atoms with Crippen LogP contribution in [0.3, 0.4) is 0 Å². The number of nitrogens with zero attached hydrogens (tertiary/aromatic N) is 7. The Bertz CT molecular complexity index is 777. The lowest BCUT2D eigenvalue weighted by Gasteiger charge is -2.20. The van der Waals surface area contributed by atoms with Gasteiger partial charge in [-0.3, -0.25) is 4.57 Å². The van der Waals surface area contributed by atoms with Crippen molar-refractivity contribution in [2.45, 2.75) is 44.7 Å². The van der Waals surface area contributed by atoms with Crippen LogP contribution in [0.4, 0.5) is 5.82 Å². The van der Waals surface area contributed by atoms with Crippen LogP contribution in [0, 0.1) is 0 Å². The smallest absolute Gasteiger partial charge is 0.167 e. The zero-order chi connectivity index (χ0) is 17.8. The van der Waals surface area contributed by atoms with Crippen LogP contribution in [-0.4, -0.2) is 51.4 Å². The monoisotopic (exact) mass is 334 g/mol. The first-order valence-electron chi connectivity index (χ1n) is 8.38. The van der Waals surface area contributed by atoms with Gasteiger partial charge in [0.1, 0.15) is 12.4 Å². The van der Waals surface area contributed by atoms with Crippen LogP contribution < -0.4 is 5.32 Å². The van der Waals surface area contributed by atoms with Crippen molar-refractivity contribution in [1.29, 1.82) is 0 Å². The van der Waals surface area contributed by atoms with Gasteiger partial charge in [-0.15, -0.1) is 0 Å². The molecule has 0 saturated carbocycles. The topological polar surface area (TPSA) is 123 Å². The van der Waals surface area contributed by atoms with Gasteiger partial charge in [0.25, 0.3) is 0 Å². The number of methoxy groups -OCH3 is 1. The van der Waals surface area contributed by atoms with Crippen LogP contribution in [0.1, 0.15) is 27.8 Å². The van der Waals surface area contributed by atoms with E-state index >= 15 is 0 Å². The van der Waals surface area contributed by atoms with E-state index in [1.807, 2.05) is 6.92 Å². The molecule has 1 N–H and O–H groups in total. The zero-order valence-electron chi connectivity index (χ0n) is 14.5. The molecule has 2 aromatic rings. The van der Waals surface area contributed by atoms with Crippen molar-refractivity contribution in [3.05, 3.63) is 23.1 Å². The van der Waals surface area contributed by atoms with Crippen molar-refractivity contribution >= 4 is 17.0 Å². The van der Waals surface area contributed by atoms with Gasteiger partial charge in [-0.25, -0.2) is 15.0 Å². The van der Waals surface area contributed by atoms with Crippen molar-refractivity contribution in [2.24, 2.45) is 5.11 Å². The summed E-state index contributed by atoms with van der Waals surface area (Å²) in [5.41, 5.74) is 10.0. The molecule has 128 valence electrons. The number of ether oxygens (including phenoxy) is 2. The molecular formula is C14H20N8O2. The first-order valence-corrected chi connectivity index (χ1v) is 7.68. The summed E-state index contributed by atoms with van der Waals surface area (Å²) >= 11 is 0. The fourth-order valence-corrected chi connectivity index (χ4v) is 3.02. The van der Waals surface area contributed by atoms with Gasteiger partial charge in [-0.05, 0) is 18.9 Å². The van der Waals surface area contributed by atoms with Gasteiger partial charge in [-0.1, -0.05) is 12.0 Å². The largest absolute Gasteiger partial charge is 0.376 e. The highest BCUT2D eigenvalue weighted by atomic mass is 16.6. The number of rotatable bonds is 6. The Labute approximate surface area is 140 Å². The molecule has 0 aromatic carbocycles. The average molecular weight is 334 g/mol. The molecule has 10 heteroatoms. The van der Waals surface area contributed by atoms with E-state index in [0.29, 0.717) is 29.9 Å². The molecule has 2 aromatic heterocycles. The summed E-state index contributed by atoms with van der Waals surface area (Å²) < 4.78 is 20.7. The minimum Gasteiger partial charge on any atom is -0.376 e. The Balaban J connectivity index is 1.99. The lowest BCUT2D eigenvalue weighted by Crippen LogP contribution is -2.31. The van der Waals surface area contributed by atoms with E-state index in [4.69, 9.17) is 16.4 Å². The molecule has 0 radical (unpaired) electrons. The minimum absolute atomic E-state index is 0.232. The van der Waals surface area contributed by atoms with Gasteiger partial charge in [0, 0.05) is 19.9 Å². The van der Waals surface area contributed by atoms with Crippen molar-refractivity contribution in [1.82, 2.24) is 19.5 Å². The van der Waals surface area contributed by atoms with Gasteiger partial charge < -0.3 is 14.8 Å². The predicted molar refractivity (Wildman–Crippen MR) is 87.4 cm³/mol. The van der Waals surface area contributed by atoms with E-state index in [0.717, 1.165) is 0 Å². The maximum Gasteiger partial charge on any atom is 0.167 e. The molecule has 1 fully saturated rings. The van der Waals surface area contributed by atoms with Gasteiger partial charge in [0.15, 0.2) is 23.2 Å². The molecule has 3 rings (SSSR count). The fraction of sp³-hybridized carbons (Fsp3) is 0.643. The number of aromatic nitrogens is 4. The van der Waals surface area contributed by atoms with Crippen molar-refractivity contribution in [3.63, 3.8) is 0 Å². The van der Waals surface area contributed by atoms with Gasteiger partial charge >= 0.3 is 0 Å². The average Bonchev–Trinajstić information content (AvgIpc) is 3.21.